The second-order valence-electron chi connectivity index (χ2n) is 9.25. The van der Waals surface area contributed by atoms with Crippen molar-refractivity contribution in [2.24, 2.45) is 0 Å². The Morgan fingerprint density at radius 3 is 2.65 bits per heavy atom. The van der Waals surface area contributed by atoms with Gasteiger partial charge in [-0.1, -0.05) is 18.2 Å². The summed E-state index contributed by atoms with van der Waals surface area (Å²) in [5.41, 5.74) is 4.53. The van der Waals surface area contributed by atoms with Gasteiger partial charge >= 0.3 is 5.97 Å². The van der Waals surface area contributed by atoms with Crippen LogP contribution < -0.4 is 15.0 Å². The van der Waals surface area contributed by atoms with E-state index in [1.54, 1.807) is 0 Å². The number of esters is 1. The van der Waals surface area contributed by atoms with Gasteiger partial charge < -0.3 is 19.7 Å². The van der Waals surface area contributed by atoms with Gasteiger partial charge in [-0.3, -0.25) is 0 Å². The first-order valence-corrected chi connectivity index (χ1v) is 12.1. The van der Waals surface area contributed by atoms with Crippen LogP contribution >= 0.6 is 0 Å². The molecule has 1 unspecified atom stereocenters. The Labute approximate surface area is 199 Å². The van der Waals surface area contributed by atoms with E-state index in [1.807, 2.05) is 44.2 Å². The highest BCUT2D eigenvalue weighted by atomic mass is 16.6. The van der Waals surface area contributed by atoms with Gasteiger partial charge in [0, 0.05) is 42.5 Å². The molecule has 1 aromatic heterocycles. The maximum absolute atomic E-state index is 13.1. The fourth-order valence-electron chi connectivity index (χ4n) is 5.52. The van der Waals surface area contributed by atoms with Gasteiger partial charge in [0.1, 0.15) is 5.75 Å². The van der Waals surface area contributed by atoms with Gasteiger partial charge in [-0.05, 0) is 57.7 Å². The first-order valence-electron chi connectivity index (χ1n) is 12.1. The Hall–Kier alpha value is -3.61. The maximum Gasteiger partial charge on any atom is 0.340 e. The van der Waals surface area contributed by atoms with E-state index < -0.39 is 5.60 Å². The summed E-state index contributed by atoms with van der Waals surface area (Å²) in [5, 5.41) is 3.40. The Morgan fingerprint density at radius 1 is 1.06 bits per heavy atom. The number of ether oxygens (including phenoxy) is 2. The van der Waals surface area contributed by atoms with Crippen LogP contribution in [0, 0.1) is 13.8 Å². The lowest BCUT2D eigenvalue weighted by Crippen LogP contribution is -2.36. The summed E-state index contributed by atoms with van der Waals surface area (Å²) in [4.78, 5) is 25.1. The normalized spacial score (nSPS) is 20.3. The van der Waals surface area contributed by atoms with E-state index in [1.165, 1.54) is 6.42 Å². The SMILES string of the molecule is CCNc1cc2c(cc1C)C1(OC(=O)c3ccccc31)c1c(C)nc(N3CCCCC3)nc1O2. The maximum atomic E-state index is 13.1. The highest BCUT2D eigenvalue weighted by Gasteiger charge is 2.55. The molecule has 1 spiro atoms. The number of carbonyl (C=O) groups is 1. The molecule has 6 rings (SSSR count). The molecule has 7 nitrogen and oxygen atoms in total. The lowest BCUT2D eigenvalue weighted by atomic mass is 9.77. The van der Waals surface area contributed by atoms with Gasteiger partial charge in [-0.15, -0.1) is 0 Å². The number of anilines is 2. The van der Waals surface area contributed by atoms with Gasteiger partial charge in [0.05, 0.1) is 16.8 Å². The third-order valence-electron chi connectivity index (χ3n) is 7.09. The van der Waals surface area contributed by atoms with Crippen molar-refractivity contribution in [2.45, 2.75) is 45.6 Å². The number of piperidine rings is 1. The molecule has 0 radical (unpaired) electrons. The van der Waals surface area contributed by atoms with E-state index in [-0.39, 0.29) is 5.97 Å². The molecule has 174 valence electrons. The molecular formula is C27H28N4O3. The largest absolute Gasteiger partial charge is 0.440 e. The van der Waals surface area contributed by atoms with Crippen LogP contribution in [0.1, 0.15) is 64.5 Å². The van der Waals surface area contributed by atoms with Crippen molar-refractivity contribution in [1.29, 1.82) is 0 Å². The Morgan fingerprint density at radius 2 is 1.85 bits per heavy atom. The second-order valence-corrected chi connectivity index (χ2v) is 9.25. The summed E-state index contributed by atoms with van der Waals surface area (Å²) in [6, 6.07) is 11.6. The van der Waals surface area contributed by atoms with Gasteiger partial charge in [0.25, 0.3) is 0 Å². The van der Waals surface area contributed by atoms with Crippen molar-refractivity contribution in [1.82, 2.24) is 9.97 Å². The molecule has 3 aliphatic heterocycles. The number of nitrogens with one attached hydrogen (secondary N) is 1. The second kappa shape index (κ2) is 7.72. The van der Waals surface area contributed by atoms with E-state index in [0.29, 0.717) is 28.7 Å². The van der Waals surface area contributed by atoms with Crippen LogP contribution in [0.15, 0.2) is 36.4 Å². The molecule has 7 heteroatoms. The third kappa shape index (κ3) is 2.92. The molecule has 2 aromatic carbocycles. The van der Waals surface area contributed by atoms with E-state index in [0.717, 1.165) is 60.5 Å². The van der Waals surface area contributed by atoms with Crippen LogP contribution in [-0.4, -0.2) is 35.6 Å². The van der Waals surface area contributed by atoms with Crippen LogP contribution in [0.2, 0.25) is 0 Å². The Bertz CT molecular complexity index is 1320. The predicted molar refractivity (Wildman–Crippen MR) is 130 cm³/mol. The number of carbonyl (C=O) groups excluding carboxylic acids is 1. The molecule has 34 heavy (non-hydrogen) atoms. The van der Waals surface area contributed by atoms with Crippen molar-refractivity contribution in [2.75, 3.05) is 29.9 Å². The van der Waals surface area contributed by atoms with Crippen molar-refractivity contribution in [3.63, 3.8) is 0 Å². The summed E-state index contributed by atoms with van der Waals surface area (Å²) in [6.45, 7) is 8.72. The molecular weight excluding hydrogens is 428 g/mol. The van der Waals surface area contributed by atoms with E-state index >= 15 is 0 Å². The Balaban J connectivity index is 1.62. The van der Waals surface area contributed by atoms with Gasteiger partial charge in [0.15, 0.2) is 5.60 Å². The number of rotatable bonds is 3. The molecule has 0 saturated carbocycles. The molecule has 0 amide bonds. The molecule has 1 saturated heterocycles. The number of hydrogen-bond donors (Lipinski definition) is 1. The molecule has 3 aliphatic rings. The highest BCUT2D eigenvalue weighted by Crippen LogP contribution is 2.57. The minimum Gasteiger partial charge on any atom is -0.440 e. The minimum absolute atomic E-state index is 0.345. The van der Waals surface area contributed by atoms with Crippen LogP contribution in [0.25, 0.3) is 0 Å². The summed E-state index contributed by atoms with van der Waals surface area (Å²) in [6.07, 6.45) is 3.49. The van der Waals surface area contributed by atoms with Crippen LogP contribution in [-0.2, 0) is 10.3 Å². The fourth-order valence-corrected chi connectivity index (χ4v) is 5.52. The zero-order valence-electron chi connectivity index (χ0n) is 19.8. The average molecular weight is 457 g/mol. The van der Waals surface area contributed by atoms with Crippen LogP contribution in [0.4, 0.5) is 11.6 Å². The first kappa shape index (κ1) is 21.0. The molecule has 3 aromatic rings. The van der Waals surface area contributed by atoms with Crippen molar-refractivity contribution in [3.8, 4) is 11.6 Å². The standard InChI is InChI=1S/C27H28N4O3/c1-4-28-21-15-22-20(14-16(21)2)27(19-11-7-6-10-18(19)25(32)34-27)23-17(3)29-26(30-24(23)33-22)31-12-8-5-9-13-31/h6-7,10-11,14-15,28H,4-5,8-9,12-13H2,1-3H3. The zero-order chi connectivity index (χ0) is 23.4. The van der Waals surface area contributed by atoms with Gasteiger partial charge in [0.2, 0.25) is 11.8 Å². The monoisotopic (exact) mass is 456 g/mol. The van der Waals surface area contributed by atoms with Crippen molar-refractivity contribution in [3.05, 3.63) is 69.9 Å². The number of nitrogens with zero attached hydrogens (tertiary/aromatic N) is 3. The number of benzene rings is 2. The summed E-state index contributed by atoms with van der Waals surface area (Å²) >= 11 is 0. The number of aromatic nitrogens is 2. The molecule has 0 aliphatic carbocycles. The fraction of sp³-hybridized carbons (Fsp3) is 0.370. The predicted octanol–water partition coefficient (Wildman–Crippen LogP) is 5.08. The molecule has 1 fully saturated rings. The molecule has 0 bridgehead atoms. The Kier molecular flexibility index (Phi) is 4.76. The van der Waals surface area contributed by atoms with Crippen molar-refractivity contribution >= 4 is 17.6 Å². The number of hydrogen-bond acceptors (Lipinski definition) is 7. The third-order valence-corrected chi connectivity index (χ3v) is 7.09. The summed E-state index contributed by atoms with van der Waals surface area (Å²) in [7, 11) is 0. The average Bonchev–Trinajstić information content (AvgIpc) is 3.13. The molecule has 1 N–H and O–H groups in total. The van der Waals surface area contributed by atoms with Crippen LogP contribution in [0.5, 0.6) is 11.6 Å². The lowest BCUT2D eigenvalue weighted by molar-refractivity contribution is 0.0218. The van der Waals surface area contributed by atoms with E-state index in [2.05, 4.69) is 23.2 Å². The summed E-state index contributed by atoms with van der Waals surface area (Å²) in [5.74, 6) is 1.42. The van der Waals surface area contributed by atoms with Gasteiger partial charge in [-0.2, -0.15) is 4.98 Å². The summed E-state index contributed by atoms with van der Waals surface area (Å²) < 4.78 is 12.8. The van der Waals surface area contributed by atoms with Gasteiger partial charge in [-0.25, -0.2) is 9.78 Å². The van der Waals surface area contributed by atoms with Crippen LogP contribution in [0.3, 0.4) is 0 Å². The quantitative estimate of drug-likeness (QED) is 0.551. The van der Waals surface area contributed by atoms with Crippen molar-refractivity contribution < 1.29 is 14.3 Å². The lowest BCUT2D eigenvalue weighted by Gasteiger charge is -2.38. The van der Waals surface area contributed by atoms with E-state index in [4.69, 9.17) is 19.4 Å². The smallest absolute Gasteiger partial charge is 0.340 e. The zero-order valence-corrected chi connectivity index (χ0v) is 19.8. The minimum atomic E-state index is -1.14. The number of aryl methyl sites for hydroxylation is 2. The molecule has 4 heterocycles. The highest BCUT2D eigenvalue weighted by molar-refractivity contribution is 5.97. The topological polar surface area (TPSA) is 76.6 Å². The molecule has 1 atom stereocenters. The number of fused-ring (bicyclic) bond motifs is 6. The van der Waals surface area contributed by atoms with E-state index in [9.17, 15) is 4.79 Å². The first-order chi connectivity index (χ1) is 16.5.